The average molecular weight is 283 g/mol. The van der Waals surface area contributed by atoms with Crippen LogP contribution in [0.1, 0.15) is 22.0 Å². The number of nitrogens with zero attached hydrogens (tertiary/aromatic N) is 2. The molecule has 1 aromatic carbocycles. The van der Waals surface area contributed by atoms with E-state index in [9.17, 15) is 14.7 Å². The lowest BCUT2D eigenvalue weighted by Gasteiger charge is -2.17. The topological polar surface area (TPSA) is 96.5 Å². The number of carboxylic acid groups (broad SMARTS) is 1. The third kappa shape index (κ3) is 2.10. The number of nitrogen functional groups attached to an aromatic ring is 1. The molecule has 0 radical (unpaired) electrons. The summed E-state index contributed by atoms with van der Waals surface area (Å²) in [4.78, 5) is 29.4. The zero-order valence-electron chi connectivity index (χ0n) is 11.1. The molecule has 0 bridgehead atoms. The summed E-state index contributed by atoms with van der Waals surface area (Å²) in [5.41, 5.74) is 7.42. The normalized spacial score (nSPS) is 16.6. The first-order valence-electron chi connectivity index (χ1n) is 6.43. The molecule has 1 aromatic heterocycles. The van der Waals surface area contributed by atoms with Crippen molar-refractivity contribution < 1.29 is 14.7 Å². The van der Waals surface area contributed by atoms with Gasteiger partial charge in [0.2, 0.25) is 0 Å². The quantitative estimate of drug-likeness (QED) is 0.870. The number of carboxylic acids is 1. The molecular formula is C15H13N3O3. The van der Waals surface area contributed by atoms with Crippen LogP contribution >= 0.6 is 0 Å². The molecule has 0 aliphatic carbocycles. The molecular weight excluding hydrogens is 270 g/mol. The van der Waals surface area contributed by atoms with Gasteiger partial charge in [-0.25, -0.2) is 4.98 Å². The number of carbonyl (C=O) groups excluding carboxylic acids is 1. The standard InChI is InChI=1S/C15H13N3O3/c16-11-5-3-7-17-13(11)14(19)18-8-10(15(20)21)9-4-1-2-6-12(9)18/h1-7,10H,8,16H2,(H,20,21). The molecule has 0 spiro atoms. The van der Waals surface area contributed by atoms with E-state index in [4.69, 9.17) is 5.73 Å². The second kappa shape index (κ2) is 4.90. The number of carbonyl (C=O) groups is 2. The van der Waals surface area contributed by atoms with Gasteiger partial charge < -0.3 is 15.7 Å². The van der Waals surface area contributed by atoms with Gasteiger partial charge in [0.25, 0.3) is 5.91 Å². The van der Waals surface area contributed by atoms with Crippen LogP contribution in [-0.4, -0.2) is 28.5 Å². The average Bonchev–Trinajstić information content (AvgIpc) is 2.87. The van der Waals surface area contributed by atoms with Gasteiger partial charge in [-0.3, -0.25) is 9.59 Å². The van der Waals surface area contributed by atoms with E-state index in [1.807, 2.05) is 0 Å². The Hall–Kier alpha value is -2.89. The summed E-state index contributed by atoms with van der Waals surface area (Å²) in [5.74, 6) is -2.06. The summed E-state index contributed by atoms with van der Waals surface area (Å²) in [6.45, 7) is 0.0868. The van der Waals surface area contributed by atoms with E-state index in [-0.39, 0.29) is 23.8 Å². The summed E-state index contributed by atoms with van der Waals surface area (Å²) in [6.07, 6.45) is 1.49. The van der Waals surface area contributed by atoms with Crippen LogP contribution in [-0.2, 0) is 4.79 Å². The number of aliphatic carboxylic acids is 1. The first-order chi connectivity index (χ1) is 10.1. The Morgan fingerprint density at radius 2 is 2.00 bits per heavy atom. The van der Waals surface area contributed by atoms with E-state index in [1.54, 1.807) is 36.4 Å². The van der Waals surface area contributed by atoms with Gasteiger partial charge in [0.05, 0.1) is 5.69 Å². The van der Waals surface area contributed by atoms with Crippen molar-refractivity contribution >= 4 is 23.3 Å². The molecule has 106 valence electrons. The molecule has 1 unspecified atom stereocenters. The summed E-state index contributed by atoms with van der Waals surface area (Å²) < 4.78 is 0. The summed E-state index contributed by atoms with van der Waals surface area (Å²) in [7, 11) is 0. The maximum Gasteiger partial charge on any atom is 0.312 e. The maximum atomic E-state index is 12.6. The van der Waals surface area contributed by atoms with Crippen molar-refractivity contribution in [2.45, 2.75) is 5.92 Å². The summed E-state index contributed by atoms with van der Waals surface area (Å²) in [5, 5.41) is 9.31. The minimum absolute atomic E-state index is 0.0868. The molecule has 2 heterocycles. The molecule has 6 heteroatoms. The molecule has 3 N–H and O–H groups in total. The van der Waals surface area contributed by atoms with E-state index in [1.165, 1.54) is 11.1 Å². The van der Waals surface area contributed by atoms with Crippen LogP contribution in [0, 0.1) is 0 Å². The highest BCUT2D eigenvalue weighted by molar-refractivity contribution is 6.10. The minimum atomic E-state index is -0.952. The van der Waals surface area contributed by atoms with E-state index in [0.717, 1.165) is 0 Å². The molecule has 0 saturated heterocycles. The second-order valence-corrected chi connectivity index (χ2v) is 4.81. The molecule has 6 nitrogen and oxygen atoms in total. The van der Waals surface area contributed by atoms with Crippen LogP contribution in [0.25, 0.3) is 0 Å². The Morgan fingerprint density at radius 3 is 2.71 bits per heavy atom. The fourth-order valence-corrected chi connectivity index (χ4v) is 2.53. The Kier molecular flexibility index (Phi) is 3.06. The van der Waals surface area contributed by atoms with Crippen LogP contribution in [0.3, 0.4) is 0 Å². The largest absolute Gasteiger partial charge is 0.481 e. The number of amides is 1. The molecule has 0 fully saturated rings. The number of fused-ring (bicyclic) bond motifs is 1. The van der Waals surface area contributed by atoms with E-state index in [0.29, 0.717) is 11.3 Å². The maximum absolute atomic E-state index is 12.6. The zero-order valence-corrected chi connectivity index (χ0v) is 11.1. The Bertz CT molecular complexity index is 730. The van der Waals surface area contributed by atoms with Gasteiger partial charge >= 0.3 is 5.97 Å². The molecule has 1 aliphatic rings. The lowest BCUT2D eigenvalue weighted by molar-refractivity contribution is -0.138. The minimum Gasteiger partial charge on any atom is -0.481 e. The van der Waals surface area contributed by atoms with Gasteiger partial charge in [0.15, 0.2) is 5.69 Å². The number of para-hydroxylation sites is 1. The van der Waals surface area contributed by atoms with Gasteiger partial charge in [-0.05, 0) is 23.8 Å². The Labute approximate surface area is 120 Å². The lowest BCUT2D eigenvalue weighted by Crippen LogP contribution is -2.32. The highest BCUT2D eigenvalue weighted by Gasteiger charge is 2.37. The number of anilines is 2. The van der Waals surface area contributed by atoms with Crippen molar-refractivity contribution in [2.75, 3.05) is 17.2 Å². The van der Waals surface area contributed by atoms with Crippen molar-refractivity contribution in [1.82, 2.24) is 4.98 Å². The van der Waals surface area contributed by atoms with Crippen molar-refractivity contribution in [3.63, 3.8) is 0 Å². The van der Waals surface area contributed by atoms with Crippen LogP contribution in [0.5, 0.6) is 0 Å². The predicted molar refractivity (Wildman–Crippen MR) is 77.1 cm³/mol. The smallest absolute Gasteiger partial charge is 0.312 e. The number of hydrogen-bond acceptors (Lipinski definition) is 4. The molecule has 1 atom stereocenters. The summed E-state index contributed by atoms with van der Waals surface area (Å²) >= 11 is 0. The van der Waals surface area contributed by atoms with E-state index < -0.39 is 11.9 Å². The second-order valence-electron chi connectivity index (χ2n) is 4.81. The van der Waals surface area contributed by atoms with E-state index in [2.05, 4.69) is 4.98 Å². The van der Waals surface area contributed by atoms with Gasteiger partial charge in [-0.1, -0.05) is 18.2 Å². The molecule has 1 aliphatic heterocycles. The van der Waals surface area contributed by atoms with Gasteiger partial charge in [0, 0.05) is 18.4 Å². The third-order valence-electron chi connectivity index (χ3n) is 3.55. The molecule has 21 heavy (non-hydrogen) atoms. The van der Waals surface area contributed by atoms with Crippen molar-refractivity contribution in [2.24, 2.45) is 0 Å². The number of hydrogen-bond donors (Lipinski definition) is 2. The first-order valence-corrected chi connectivity index (χ1v) is 6.43. The van der Waals surface area contributed by atoms with Gasteiger partial charge in [-0.2, -0.15) is 0 Å². The monoisotopic (exact) mass is 283 g/mol. The van der Waals surface area contributed by atoms with Crippen LogP contribution in [0.15, 0.2) is 42.6 Å². The zero-order chi connectivity index (χ0) is 15.0. The SMILES string of the molecule is Nc1cccnc1C(=O)N1CC(C(=O)O)c2ccccc21. The highest BCUT2D eigenvalue weighted by atomic mass is 16.4. The van der Waals surface area contributed by atoms with Crippen molar-refractivity contribution in [3.8, 4) is 0 Å². The van der Waals surface area contributed by atoms with Crippen LogP contribution in [0.2, 0.25) is 0 Å². The van der Waals surface area contributed by atoms with Crippen molar-refractivity contribution in [3.05, 3.63) is 53.9 Å². The van der Waals surface area contributed by atoms with Crippen LogP contribution < -0.4 is 10.6 Å². The van der Waals surface area contributed by atoms with Crippen LogP contribution in [0.4, 0.5) is 11.4 Å². The third-order valence-corrected chi connectivity index (χ3v) is 3.55. The number of nitrogens with two attached hydrogens (primary N) is 1. The van der Waals surface area contributed by atoms with Gasteiger partial charge in [0.1, 0.15) is 5.92 Å². The van der Waals surface area contributed by atoms with E-state index >= 15 is 0 Å². The molecule has 2 aromatic rings. The highest BCUT2D eigenvalue weighted by Crippen LogP contribution is 2.37. The van der Waals surface area contributed by atoms with Gasteiger partial charge in [-0.15, -0.1) is 0 Å². The fraction of sp³-hybridized carbons (Fsp3) is 0.133. The predicted octanol–water partition coefficient (Wildman–Crippen LogP) is 1.49. The molecule has 0 saturated carbocycles. The number of benzene rings is 1. The first kappa shape index (κ1) is 13.1. The fourth-order valence-electron chi connectivity index (χ4n) is 2.53. The molecule has 1 amide bonds. The van der Waals surface area contributed by atoms with Crippen molar-refractivity contribution in [1.29, 1.82) is 0 Å². The number of pyridine rings is 1. The number of aromatic nitrogens is 1. The number of rotatable bonds is 2. The summed E-state index contributed by atoms with van der Waals surface area (Å²) in [6, 6.07) is 10.2. The molecule has 3 rings (SSSR count). The lowest BCUT2D eigenvalue weighted by atomic mass is 10.0. The Morgan fingerprint density at radius 1 is 1.24 bits per heavy atom. The Balaban J connectivity index is 2.03.